The van der Waals surface area contributed by atoms with Crippen molar-refractivity contribution in [1.82, 2.24) is 0 Å². The molecule has 5 aliphatic heterocycles. The van der Waals surface area contributed by atoms with Crippen molar-refractivity contribution in [2.24, 2.45) is 35.5 Å². The van der Waals surface area contributed by atoms with E-state index in [-0.39, 0.29) is 54.0 Å². The molecule has 5 fully saturated rings. The highest BCUT2D eigenvalue weighted by molar-refractivity contribution is 5.70. The Hall–Kier alpha value is -0.890. The lowest BCUT2D eigenvalue weighted by atomic mass is 9.78. The number of ether oxygens (including phenoxy) is 6. The summed E-state index contributed by atoms with van der Waals surface area (Å²) in [6.07, 6.45) is 2.99. The number of rotatable bonds is 10. The van der Waals surface area contributed by atoms with Gasteiger partial charge in [-0.2, -0.15) is 0 Å². The first-order chi connectivity index (χ1) is 22.0. The van der Waals surface area contributed by atoms with Gasteiger partial charge in [-0.05, 0) is 64.2 Å². The van der Waals surface area contributed by atoms with Crippen LogP contribution in [0.4, 0.5) is 0 Å². The molecule has 0 aliphatic carbocycles. The van der Waals surface area contributed by atoms with E-state index in [0.29, 0.717) is 19.3 Å². The van der Waals surface area contributed by atoms with E-state index in [1.54, 1.807) is 6.92 Å². The van der Waals surface area contributed by atoms with E-state index in [4.69, 9.17) is 28.4 Å². The second kappa shape index (κ2) is 13.7. The molecule has 11 nitrogen and oxygen atoms in total. The SMILES string of the molecule is CC[C@@]1([C@H]2O[C@H]([C@@H]3O[C@](O)(CO)[C@H](C)C[C@H]3C)C[C@H]2C)CC[C@@H]([C@]2(C)CCC3(C[C@H](O)[C@@H](C)[C@@H]([C@H](C)[C@H](OC)[C@@H](C)C(=O)O)O3)O2)O1. The lowest BCUT2D eigenvalue weighted by Crippen LogP contribution is -2.57. The molecular weight excluding hydrogens is 608 g/mol. The number of carbonyl (C=O) groups is 1. The van der Waals surface area contributed by atoms with E-state index in [1.165, 1.54) is 7.11 Å². The van der Waals surface area contributed by atoms with E-state index >= 15 is 0 Å². The van der Waals surface area contributed by atoms with Gasteiger partial charge >= 0.3 is 5.97 Å². The first-order valence-corrected chi connectivity index (χ1v) is 18.1. The second-order valence-electron chi connectivity index (χ2n) is 16.3. The Morgan fingerprint density at radius 2 is 1.72 bits per heavy atom. The summed E-state index contributed by atoms with van der Waals surface area (Å²) in [6.45, 7) is 15.6. The van der Waals surface area contributed by atoms with Gasteiger partial charge in [-0.15, -0.1) is 0 Å². The van der Waals surface area contributed by atoms with Crippen LogP contribution in [0.5, 0.6) is 0 Å². The highest BCUT2D eigenvalue weighted by atomic mass is 16.7. The number of hydrogen-bond donors (Lipinski definition) is 4. The fourth-order valence-electron chi connectivity index (χ4n) is 9.91. The van der Waals surface area contributed by atoms with Crippen LogP contribution in [0, 0.1) is 35.5 Å². The minimum atomic E-state index is -1.56. The molecule has 0 amide bonds. The van der Waals surface area contributed by atoms with Gasteiger partial charge < -0.3 is 48.8 Å². The molecule has 5 heterocycles. The van der Waals surface area contributed by atoms with E-state index < -0.39 is 59.6 Å². The van der Waals surface area contributed by atoms with Crippen LogP contribution in [0.25, 0.3) is 0 Å². The maximum absolute atomic E-state index is 11.8. The molecule has 5 rings (SSSR count). The normalized spacial score (nSPS) is 50.9. The Balaban J connectivity index is 1.29. The summed E-state index contributed by atoms with van der Waals surface area (Å²) < 4.78 is 39.4. The fraction of sp³-hybridized carbons (Fsp3) is 0.972. The molecule has 5 saturated heterocycles. The van der Waals surface area contributed by atoms with Gasteiger partial charge in [0.15, 0.2) is 11.6 Å². The zero-order valence-corrected chi connectivity index (χ0v) is 30.0. The van der Waals surface area contributed by atoms with Crippen LogP contribution in [-0.2, 0) is 33.2 Å². The third-order valence-corrected chi connectivity index (χ3v) is 13.0. The van der Waals surface area contributed by atoms with Crippen LogP contribution in [0.3, 0.4) is 0 Å². The van der Waals surface area contributed by atoms with Crippen LogP contribution in [0.2, 0.25) is 0 Å². The van der Waals surface area contributed by atoms with Gasteiger partial charge in [0.1, 0.15) is 0 Å². The van der Waals surface area contributed by atoms with E-state index in [9.17, 15) is 25.2 Å². The van der Waals surface area contributed by atoms with Crippen molar-refractivity contribution < 1.29 is 53.6 Å². The van der Waals surface area contributed by atoms with Crippen LogP contribution in [-0.4, -0.2) is 106 Å². The van der Waals surface area contributed by atoms with Crippen molar-refractivity contribution in [1.29, 1.82) is 0 Å². The van der Waals surface area contributed by atoms with E-state index in [1.807, 2.05) is 20.8 Å². The molecule has 0 aromatic heterocycles. The van der Waals surface area contributed by atoms with Crippen LogP contribution in [0.1, 0.15) is 107 Å². The van der Waals surface area contributed by atoms with Gasteiger partial charge in [-0.3, -0.25) is 4.79 Å². The third kappa shape index (κ3) is 6.67. The minimum Gasteiger partial charge on any atom is -0.481 e. The number of methoxy groups -OCH3 is 1. The molecule has 1 unspecified atom stereocenters. The molecule has 0 aromatic carbocycles. The monoisotopic (exact) mass is 670 g/mol. The van der Waals surface area contributed by atoms with Gasteiger partial charge in [-0.25, -0.2) is 0 Å². The number of aliphatic hydroxyl groups excluding tert-OH is 2. The van der Waals surface area contributed by atoms with Gasteiger partial charge in [0.25, 0.3) is 0 Å². The maximum atomic E-state index is 11.8. The molecule has 1 spiro atoms. The zero-order valence-electron chi connectivity index (χ0n) is 30.0. The standard InChI is InChI=1S/C36H62O11/c1-10-34(31-20(3)16-26(43-31)28-19(2)15-21(4)36(41,18-37)46-28)12-11-27(44-34)33(8)13-14-35(47-33)17-25(38)22(5)30(45-35)23(6)29(42-9)24(7)32(39)40/h19-31,37-38,41H,10-18H2,1-9H3,(H,39,40)/t19-,20-,21-,22-,23-,24-,25+,26+,27+,28-,29+,30+,31+,33+,34+,35?,36-/m1/s1. The van der Waals surface area contributed by atoms with Gasteiger partial charge in [0, 0.05) is 37.7 Å². The minimum absolute atomic E-state index is 0.153. The molecule has 0 radical (unpaired) electrons. The maximum Gasteiger partial charge on any atom is 0.308 e. The zero-order chi connectivity index (χ0) is 34.7. The van der Waals surface area contributed by atoms with Gasteiger partial charge in [0.05, 0.1) is 66.5 Å². The third-order valence-electron chi connectivity index (χ3n) is 13.0. The summed E-state index contributed by atoms with van der Waals surface area (Å²) in [6, 6.07) is 0. The van der Waals surface area contributed by atoms with Crippen molar-refractivity contribution in [3.8, 4) is 0 Å². The molecule has 11 heteroatoms. The smallest absolute Gasteiger partial charge is 0.308 e. The molecule has 5 aliphatic rings. The number of hydrogen-bond acceptors (Lipinski definition) is 10. The molecule has 0 bridgehead atoms. The van der Waals surface area contributed by atoms with E-state index in [0.717, 1.165) is 32.1 Å². The Bertz CT molecular complexity index is 1110. The molecule has 47 heavy (non-hydrogen) atoms. The van der Waals surface area contributed by atoms with Crippen molar-refractivity contribution in [2.75, 3.05) is 13.7 Å². The quantitative estimate of drug-likeness (QED) is 0.264. The Labute approximate surface area is 281 Å². The lowest BCUT2D eigenvalue weighted by molar-refractivity contribution is -0.336. The predicted octanol–water partition coefficient (Wildman–Crippen LogP) is 4.27. The topological polar surface area (TPSA) is 153 Å². The van der Waals surface area contributed by atoms with E-state index in [2.05, 4.69) is 27.7 Å². The molecule has 0 saturated carbocycles. The van der Waals surface area contributed by atoms with Crippen molar-refractivity contribution in [2.45, 2.75) is 172 Å². The summed E-state index contributed by atoms with van der Waals surface area (Å²) >= 11 is 0. The van der Waals surface area contributed by atoms with Gasteiger partial charge in [0.2, 0.25) is 0 Å². The number of aliphatic carboxylic acids is 1. The average molecular weight is 671 g/mol. The second-order valence-corrected chi connectivity index (χ2v) is 16.3. The van der Waals surface area contributed by atoms with Crippen molar-refractivity contribution in [3.05, 3.63) is 0 Å². The predicted molar refractivity (Wildman–Crippen MR) is 172 cm³/mol. The molecule has 17 atom stereocenters. The summed E-state index contributed by atoms with van der Waals surface area (Å²) in [5, 5.41) is 41.8. The van der Waals surface area contributed by atoms with Crippen molar-refractivity contribution >= 4 is 5.97 Å². The Morgan fingerprint density at radius 3 is 2.34 bits per heavy atom. The molecule has 272 valence electrons. The summed E-state index contributed by atoms with van der Waals surface area (Å²) in [7, 11) is 1.52. The van der Waals surface area contributed by atoms with Crippen LogP contribution < -0.4 is 0 Å². The highest BCUT2D eigenvalue weighted by Crippen LogP contribution is 2.55. The van der Waals surface area contributed by atoms with Gasteiger partial charge in [-0.1, -0.05) is 41.5 Å². The summed E-state index contributed by atoms with van der Waals surface area (Å²) in [4.78, 5) is 11.8. The summed E-state index contributed by atoms with van der Waals surface area (Å²) in [5.41, 5.74) is -1.15. The summed E-state index contributed by atoms with van der Waals surface area (Å²) in [5.74, 6) is -4.52. The number of aliphatic hydroxyl groups is 3. The average Bonchev–Trinajstić information content (AvgIpc) is 3.73. The number of carboxylic acids is 1. The van der Waals surface area contributed by atoms with Crippen LogP contribution >= 0.6 is 0 Å². The Morgan fingerprint density at radius 1 is 1.02 bits per heavy atom. The molecule has 0 aromatic rings. The first-order valence-electron chi connectivity index (χ1n) is 18.1. The lowest BCUT2D eigenvalue weighted by Gasteiger charge is -2.49. The van der Waals surface area contributed by atoms with Crippen LogP contribution in [0.15, 0.2) is 0 Å². The van der Waals surface area contributed by atoms with Crippen molar-refractivity contribution in [3.63, 3.8) is 0 Å². The molecule has 4 N–H and O–H groups in total. The largest absolute Gasteiger partial charge is 0.481 e. The first kappa shape index (κ1) is 37.4. The highest BCUT2D eigenvalue weighted by Gasteiger charge is 2.62. The molecular formula is C36H62O11. The fourth-order valence-corrected chi connectivity index (χ4v) is 9.91. The number of carboxylic acid groups (broad SMARTS) is 1. The Kier molecular flexibility index (Phi) is 10.9.